The largest absolute Gasteiger partial charge is 0.381 e. The molecule has 0 aromatic heterocycles. The van der Waals surface area contributed by atoms with Crippen LogP contribution in [0.1, 0.15) is 25.7 Å². The summed E-state index contributed by atoms with van der Waals surface area (Å²) in [6, 6.07) is 0. The SMILES string of the molecule is NOCC1CCCN(C(=O)C2CCOCC2)C1. The van der Waals surface area contributed by atoms with Crippen molar-refractivity contribution in [3.8, 4) is 0 Å². The van der Waals surface area contributed by atoms with Crippen LogP contribution in [0.3, 0.4) is 0 Å². The Hall–Kier alpha value is -0.650. The number of amides is 1. The molecule has 2 aliphatic heterocycles. The van der Waals surface area contributed by atoms with Gasteiger partial charge in [0, 0.05) is 38.1 Å². The van der Waals surface area contributed by atoms with Crippen molar-refractivity contribution < 1.29 is 14.4 Å². The molecule has 2 rings (SSSR count). The lowest BCUT2D eigenvalue weighted by molar-refractivity contribution is -0.140. The third-order valence-electron chi connectivity index (χ3n) is 3.73. The minimum atomic E-state index is 0.168. The standard InChI is InChI=1S/C12H22N2O3/c13-17-9-10-2-1-5-14(8-10)12(15)11-3-6-16-7-4-11/h10-11H,1-9,13H2. The molecule has 17 heavy (non-hydrogen) atoms. The van der Waals surface area contributed by atoms with Gasteiger partial charge in [0.05, 0.1) is 6.61 Å². The number of nitrogens with two attached hydrogens (primary N) is 1. The molecule has 0 saturated carbocycles. The average molecular weight is 242 g/mol. The quantitative estimate of drug-likeness (QED) is 0.734. The van der Waals surface area contributed by atoms with E-state index < -0.39 is 0 Å². The molecule has 1 atom stereocenters. The van der Waals surface area contributed by atoms with Gasteiger partial charge in [0.2, 0.25) is 5.91 Å². The van der Waals surface area contributed by atoms with Crippen LogP contribution >= 0.6 is 0 Å². The molecule has 1 amide bonds. The first kappa shape index (κ1) is 12.8. The summed E-state index contributed by atoms with van der Waals surface area (Å²) in [6.07, 6.45) is 3.90. The van der Waals surface area contributed by atoms with Gasteiger partial charge >= 0.3 is 0 Å². The van der Waals surface area contributed by atoms with Gasteiger partial charge in [-0.2, -0.15) is 0 Å². The Kier molecular flexibility index (Phi) is 4.76. The van der Waals surface area contributed by atoms with E-state index in [2.05, 4.69) is 0 Å². The summed E-state index contributed by atoms with van der Waals surface area (Å²) < 4.78 is 5.29. The molecule has 2 heterocycles. The fraction of sp³-hybridized carbons (Fsp3) is 0.917. The van der Waals surface area contributed by atoms with E-state index in [1.165, 1.54) is 0 Å². The Balaban J connectivity index is 1.85. The van der Waals surface area contributed by atoms with Crippen LogP contribution in [0.5, 0.6) is 0 Å². The minimum Gasteiger partial charge on any atom is -0.381 e. The van der Waals surface area contributed by atoms with Crippen molar-refractivity contribution in [2.45, 2.75) is 25.7 Å². The van der Waals surface area contributed by atoms with E-state index in [1.54, 1.807) is 0 Å². The first-order valence-corrected chi connectivity index (χ1v) is 6.49. The number of piperidine rings is 1. The third-order valence-corrected chi connectivity index (χ3v) is 3.73. The maximum Gasteiger partial charge on any atom is 0.225 e. The molecule has 2 fully saturated rings. The number of hydrogen-bond acceptors (Lipinski definition) is 4. The number of nitrogens with zero attached hydrogens (tertiary/aromatic N) is 1. The van der Waals surface area contributed by atoms with Crippen molar-refractivity contribution in [3.63, 3.8) is 0 Å². The summed E-state index contributed by atoms with van der Waals surface area (Å²) in [5, 5.41) is 0. The average Bonchev–Trinajstić information content (AvgIpc) is 2.40. The molecule has 2 aliphatic rings. The Labute approximate surface area is 102 Å². The molecule has 5 heteroatoms. The van der Waals surface area contributed by atoms with Crippen molar-refractivity contribution in [2.24, 2.45) is 17.7 Å². The van der Waals surface area contributed by atoms with Crippen LogP contribution in [-0.2, 0) is 14.4 Å². The number of hydrogen-bond donors (Lipinski definition) is 1. The van der Waals surface area contributed by atoms with Crippen molar-refractivity contribution in [1.29, 1.82) is 0 Å². The summed E-state index contributed by atoms with van der Waals surface area (Å²) in [7, 11) is 0. The Bertz CT molecular complexity index is 252. The van der Waals surface area contributed by atoms with Gasteiger partial charge in [-0.15, -0.1) is 0 Å². The van der Waals surface area contributed by atoms with Gasteiger partial charge in [0.25, 0.3) is 0 Å². The number of rotatable bonds is 3. The maximum absolute atomic E-state index is 12.3. The fourth-order valence-corrected chi connectivity index (χ4v) is 2.74. The van der Waals surface area contributed by atoms with E-state index in [0.717, 1.165) is 52.0 Å². The van der Waals surface area contributed by atoms with Crippen molar-refractivity contribution >= 4 is 5.91 Å². The van der Waals surface area contributed by atoms with E-state index in [0.29, 0.717) is 18.4 Å². The van der Waals surface area contributed by atoms with Crippen LogP contribution in [0.2, 0.25) is 0 Å². The number of ether oxygens (including phenoxy) is 1. The van der Waals surface area contributed by atoms with E-state index >= 15 is 0 Å². The zero-order valence-corrected chi connectivity index (χ0v) is 10.3. The van der Waals surface area contributed by atoms with E-state index in [4.69, 9.17) is 15.5 Å². The molecule has 0 aliphatic carbocycles. The lowest BCUT2D eigenvalue weighted by Gasteiger charge is -2.35. The number of carbonyl (C=O) groups excluding carboxylic acids is 1. The fourth-order valence-electron chi connectivity index (χ4n) is 2.74. The summed E-state index contributed by atoms with van der Waals surface area (Å²) >= 11 is 0. The van der Waals surface area contributed by atoms with Crippen LogP contribution < -0.4 is 5.90 Å². The molecular weight excluding hydrogens is 220 g/mol. The summed E-state index contributed by atoms with van der Waals surface area (Å²) in [6.45, 7) is 3.68. The highest BCUT2D eigenvalue weighted by Crippen LogP contribution is 2.22. The normalized spacial score (nSPS) is 27.1. The zero-order chi connectivity index (χ0) is 12.1. The third kappa shape index (κ3) is 3.40. The highest BCUT2D eigenvalue weighted by atomic mass is 16.6. The molecule has 2 N–H and O–H groups in total. The predicted molar refractivity (Wildman–Crippen MR) is 63.0 cm³/mol. The topological polar surface area (TPSA) is 64.8 Å². The van der Waals surface area contributed by atoms with Gasteiger partial charge in [-0.3, -0.25) is 4.79 Å². The minimum absolute atomic E-state index is 0.168. The predicted octanol–water partition coefficient (Wildman–Crippen LogP) is 0.542. The summed E-state index contributed by atoms with van der Waals surface area (Å²) in [5.41, 5.74) is 0. The second-order valence-electron chi connectivity index (χ2n) is 5.01. The summed E-state index contributed by atoms with van der Waals surface area (Å²) in [5.74, 6) is 5.97. The second kappa shape index (κ2) is 6.33. The van der Waals surface area contributed by atoms with Crippen molar-refractivity contribution in [2.75, 3.05) is 32.9 Å². The molecular formula is C12H22N2O3. The van der Waals surface area contributed by atoms with Crippen LogP contribution in [0.4, 0.5) is 0 Å². The van der Waals surface area contributed by atoms with Crippen LogP contribution in [0, 0.1) is 11.8 Å². The molecule has 0 spiro atoms. The molecule has 5 nitrogen and oxygen atoms in total. The van der Waals surface area contributed by atoms with Gasteiger partial charge in [0.1, 0.15) is 0 Å². The van der Waals surface area contributed by atoms with Crippen LogP contribution in [-0.4, -0.2) is 43.7 Å². The second-order valence-corrected chi connectivity index (χ2v) is 5.01. The molecule has 1 unspecified atom stereocenters. The summed E-state index contributed by atoms with van der Waals surface area (Å²) in [4.78, 5) is 19.0. The highest BCUT2D eigenvalue weighted by Gasteiger charge is 2.29. The first-order chi connectivity index (χ1) is 8.31. The van der Waals surface area contributed by atoms with Crippen molar-refractivity contribution in [1.82, 2.24) is 4.90 Å². The molecule has 0 bridgehead atoms. The van der Waals surface area contributed by atoms with Crippen LogP contribution in [0.25, 0.3) is 0 Å². The van der Waals surface area contributed by atoms with Gasteiger partial charge in [-0.05, 0) is 25.7 Å². The van der Waals surface area contributed by atoms with E-state index in [1.807, 2.05) is 4.90 Å². The van der Waals surface area contributed by atoms with Gasteiger partial charge in [-0.1, -0.05) is 0 Å². The Morgan fingerprint density at radius 2 is 2.12 bits per heavy atom. The number of likely N-dealkylation sites (tertiary alicyclic amines) is 1. The first-order valence-electron chi connectivity index (χ1n) is 6.49. The van der Waals surface area contributed by atoms with E-state index in [-0.39, 0.29) is 5.92 Å². The van der Waals surface area contributed by atoms with Gasteiger partial charge < -0.3 is 14.5 Å². The molecule has 98 valence electrons. The monoisotopic (exact) mass is 242 g/mol. The highest BCUT2D eigenvalue weighted by molar-refractivity contribution is 5.79. The Morgan fingerprint density at radius 1 is 1.35 bits per heavy atom. The maximum atomic E-state index is 12.3. The van der Waals surface area contributed by atoms with Gasteiger partial charge in [0.15, 0.2) is 0 Å². The molecule has 0 aromatic carbocycles. The Morgan fingerprint density at radius 3 is 2.82 bits per heavy atom. The molecule has 0 radical (unpaired) electrons. The van der Waals surface area contributed by atoms with Gasteiger partial charge in [-0.25, -0.2) is 5.90 Å². The zero-order valence-electron chi connectivity index (χ0n) is 10.3. The van der Waals surface area contributed by atoms with E-state index in [9.17, 15) is 4.79 Å². The molecule has 0 aromatic rings. The van der Waals surface area contributed by atoms with Crippen molar-refractivity contribution in [3.05, 3.63) is 0 Å². The molecule has 2 saturated heterocycles. The lowest BCUT2D eigenvalue weighted by atomic mass is 9.94. The number of carbonyl (C=O) groups is 1. The smallest absolute Gasteiger partial charge is 0.225 e. The lowest BCUT2D eigenvalue weighted by Crippen LogP contribution is -2.45. The van der Waals surface area contributed by atoms with Crippen LogP contribution in [0.15, 0.2) is 0 Å².